The van der Waals surface area contributed by atoms with E-state index in [9.17, 15) is 9.59 Å². The van der Waals surface area contributed by atoms with Gasteiger partial charge in [-0.2, -0.15) is 0 Å². The Labute approximate surface area is 152 Å². The Morgan fingerprint density at radius 1 is 1.15 bits per heavy atom. The summed E-state index contributed by atoms with van der Waals surface area (Å²) in [6, 6.07) is 11.0. The van der Waals surface area contributed by atoms with Gasteiger partial charge in [-0.25, -0.2) is 0 Å². The summed E-state index contributed by atoms with van der Waals surface area (Å²) in [6.07, 6.45) is 5.50. The van der Waals surface area contributed by atoms with E-state index < -0.39 is 0 Å². The van der Waals surface area contributed by atoms with E-state index in [0.717, 1.165) is 30.6 Å². The Bertz CT molecular complexity index is 787. The van der Waals surface area contributed by atoms with Crippen LogP contribution in [0.5, 0.6) is 0 Å². The van der Waals surface area contributed by atoms with Crippen molar-refractivity contribution in [3.8, 4) is 0 Å². The lowest BCUT2D eigenvalue weighted by Gasteiger charge is -2.36. The normalized spacial score (nSPS) is 19.8. The fourth-order valence-electron chi connectivity index (χ4n) is 3.27. The van der Waals surface area contributed by atoms with Crippen LogP contribution in [0.15, 0.2) is 48.8 Å². The lowest BCUT2D eigenvalue weighted by molar-refractivity contribution is -0.117. The zero-order chi connectivity index (χ0) is 17.9. The molecule has 2 aliphatic rings. The highest BCUT2D eigenvalue weighted by molar-refractivity contribution is 5.97. The van der Waals surface area contributed by atoms with E-state index in [2.05, 4.69) is 15.6 Å². The molecule has 134 valence electrons. The van der Waals surface area contributed by atoms with Gasteiger partial charge in [0.05, 0.1) is 6.04 Å². The van der Waals surface area contributed by atoms with Gasteiger partial charge in [0.2, 0.25) is 5.91 Å². The molecule has 0 spiro atoms. The molecule has 2 aromatic rings. The van der Waals surface area contributed by atoms with Crippen LogP contribution in [0, 0.1) is 5.92 Å². The van der Waals surface area contributed by atoms with Crippen LogP contribution in [0.3, 0.4) is 0 Å². The number of carbonyl (C=O) groups is 2. The number of hydrogen-bond acceptors (Lipinski definition) is 4. The van der Waals surface area contributed by atoms with Gasteiger partial charge >= 0.3 is 0 Å². The number of pyridine rings is 1. The number of amides is 2. The standard InChI is InChI=1S/C20H22N4O2/c25-19(14-3-4-14)23-17-7-5-15(6-8-17)20(26)24-11-10-22-13-18(24)16-2-1-9-21-12-16/h1-2,5-9,12,14,18,22H,3-4,10-11,13H2,(H,23,25). The number of hydrogen-bond donors (Lipinski definition) is 2. The van der Waals surface area contributed by atoms with E-state index in [-0.39, 0.29) is 23.8 Å². The van der Waals surface area contributed by atoms with Crippen molar-refractivity contribution in [1.29, 1.82) is 0 Å². The molecule has 26 heavy (non-hydrogen) atoms. The van der Waals surface area contributed by atoms with E-state index in [1.807, 2.05) is 23.2 Å². The second-order valence-electron chi connectivity index (χ2n) is 6.85. The first-order chi connectivity index (χ1) is 12.7. The molecule has 1 aliphatic heterocycles. The summed E-state index contributed by atoms with van der Waals surface area (Å²) in [6.45, 7) is 2.14. The summed E-state index contributed by atoms with van der Waals surface area (Å²) >= 11 is 0. The van der Waals surface area contributed by atoms with Crippen LogP contribution in [0.25, 0.3) is 0 Å². The van der Waals surface area contributed by atoms with E-state index in [0.29, 0.717) is 18.7 Å². The van der Waals surface area contributed by atoms with Crippen LogP contribution in [-0.4, -0.2) is 41.3 Å². The summed E-state index contributed by atoms with van der Waals surface area (Å²) in [5, 5.41) is 6.25. The van der Waals surface area contributed by atoms with E-state index >= 15 is 0 Å². The Hall–Kier alpha value is -2.73. The molecular weight excluding hydrogens is 328 g/mol. The van der Waals surface area contributed by atoms with E-state index in [1.54, 1.807) is 30.5 Å². The average Bonchev–Trinajstić information content (AvgIpc) is 3.54. The number of nitrogens with zero attached hydrogens (tertiary/aromatic N) is 2. The van der Waals surface area contributed by atoms with E-state index in [4.69, 9.17) is 0 Å². The molecule has 2 amide bonds. The lowest BCUT2D eigenvalue weighted by atomic mass is 10.0. The minimum Gasteiger partial charge on any atom is -0.329 e. The number of nitrogens with one attached hydrogen (secondary N) is 2. The number of aromatic nitrogens is 1. The van der Waals surface area contributed by atoms with Crippen LogP contribution in [-0.2, 0) is 4.79 Å². The Balaban J connectivity index is 1.49. The molecule has 2 N–H and O–H groups in total. The van der Waals surface area contributed by atoms with Gasteiger partial charge in [0.15, 0.2) is 0 Å². The van der Waals surface area contributed by atoms with E-state index in [1.165, 1.54) is 0 Å². The maximum Gasteiger partial charge on any atom is 0.254 e. The molecule has 4 rings (SSSR count). The third kappa shape index (κ3) is 3.60. The highest BCUT2D eigenvalue weighted by atomic mass is 16.2. The number of rotatable bonds is 4. The predicted octanol–water partition coefficient (Wildman–Crippen LogP) is 2.22. The average molecular weight is 350 g/mol. The molecule has 0 radical (unpaired) electrons. The molecule has 1 unspecified atom stereocenters. The molecule has 0 bridgehead atoms. The molecule has 1 aromatic carbocycles. The predicted molar refractivity (Wildman–Crippen MR) is 98.7 cm³/mol. The lowest BCUT2D eigenvalue weighted by Crippen LogP contribution is -2.48. The molecule has 1 aromatic heterocycles. The van der Waals surface area contributed by atoms with Gasteiger partial charge in [-0.15, -0.1) is 0 Å². The fraction of sp³-hybridized carbons (Fsp3) is 0.350. The monoisotopic (exact) mass is 350 g/mol. The highest BCUT2D eigenvalue weighted by Gasteiger charge is 2.30. The summed E-state index contributed by atoms with van der Waals surface area (Å²) in [7, 11) is 0. The summed E-state index contributed by atoms with van der Waals surface area (Å²) in [4.78, 5) is 30.9. The first-order valence-electron chi connectivity index (χ1n) is 9.05. The van der Waals surface area contributed by atoms with Gasteiger partial charge in [-0.3, -0.25) is 14.6 Å². The first-order valence-corrected chi connectivity index (χ1v) is 9.05. The minimum atomic E-state index is -0.0285. The second kappa shape index (κ2) is 7.25. The minimum absolute atomic E-state index is 0.000391. The topological polar surface area (TPSA) is 74.3 Å². The Morgan fingerprint density at radius 2 is 1.96 bits per heavy atom. The van der Waals surface area contributed by atoms with Crippen LogP contribution >= 0.6 is 0 Å². The molecule has 1 saturated carbocycles. The molecule has 6 heteroatoms. The van der Waals surface area contributed by atoms with Crippen LogP contribution < -0.4 is 10.6 Å². The SMILES string of the molecule is O=C(Nc1ccc(C(=O)N2CCNCC2c2cccnc2)cc1)C1CC1. The summed E-state index contributed by atoms with van der Waals surface area (Å²) < 4.78 is 0. The first kappa shape index (κ1) is 16.7. The Kier molecular flexibility index (Phi) is 4.67. The molecule has 6 nitrogen and oxygen atoms in total. The molecular formula is C20H22N4O2. The largest absolute Gasteiger partial charge is 0.329 e. The van der Waals surface area contributed by atoms with Crippen molar-refractivity contribution in [2.75, 3.05) is 25.0 Å². The van der Waals surface area contributed by atoms with Crippen molar-refractivity contribution < 1.29 is 9.59 Å². The Morgan fingerprint density at radius 3 is 2.65 bits per heavy atom. The smallest absolute Gasteiger partial charge is 0.254 e. The summed E-state index contributed by atoms with van der Waals surface area (Å²) in [5.41, 5.74) is 2.40. The number of piperazine rings is 1. The van der Waals surface area contributed by atoms with Gasteiger partial charge in [0, 0.05) is 49.2 Å². The molecule has 1 atom stereocenters. The zero-order valence-electron chi connectivity index (χ0n) is 14.5. The van der Waals surface area contributed by atoms with Crippen LogP contribution in [0.1, 0.15) is 34.8 Å². The number of anilines is 1. The van der Waals surface area contributed by atoms with Crippen molar-refractivity contribution in [3.05, 3.63) is 59.9 Å². The van der Waals surface area contributed by atoms with Gasteiger partial charge < -0.3 is 15.5 Å². The number of carbonyl (C=O) groups excluding carboxylic acids is 2. The second-order valence-corrected chi connectivity index (χ2v) is 6.85. The van der Waals surface area contributed by atoms with Crippen molar-refractivity contribution in [2.45, 2.75) is 18.9 Å². The number of benzene rings is 1. The highest BCUT2D eigenvalue weighted by Crippen LogP contribution is 2.30. The van der Waals surface area contributed by atoms with Crippen molar-refractivity contribution in [2.24, 2.45) is 5.92 Å². The molecule has 2 heterocycles. The van der Waals surface area contributed by atoms with Crippen molar-refractivity contribution in [1.82, 2.24) is 15.2 Å². The fourth-order valence-corrected chi connectivity index (χ4v) is 3.27. The van der Waals surface area contributed by atoms with Crippen molar-refractivity contribution >= 4 is 17.5 Å². The van der Waals surface area contributed by atoms with Gasteiger partial charge in [0.1, 0.15) is 0 Å². The quantitative estimate of drug-likeness (QED) is 0.887. The third-order valence-electron chi connectivity index (χ3n) is 4.92. The van der Waals surface area contributed by atoms with Gasteiger partial charge in [0.25, 0.3) is 5.91 Å². The third-order valence-corrected chi connectivity index (χ3v) is 4.92. The van der Waals surface area contributed by atoms with Crippen molar-refractivity contribution in [3.63, 3.8) is 0 Å². The van der Waals surface area contributed by atoms with Gasteiger partial charge in [-0.1, -0.05) is 6.07 Å². The maximum atomic E-state index is 13.0. The van der Waals surface area contributed by atoms with Crippen LogP contribution in [0.4, 0.5) is 5.69 Å². The molecule has 2 fully saturated rings. The van der Waals surface area contributed by atoms with Gasteiger partial charge in [-0.05, 0) is 48.7 Å². The zero-order valence-corrected chi connectivity index (χ0v) is 14.5. The summed E-state index contributed by atoms with van der Waals surface area (Å²) in [5.74, 6) is 0.237. The molecule has 1 saturated heterocycles. The maximum absolute atomic E-state index is 13.0. The van der Waals surface area contributed by atoms with Crippen LogP contribution in [0.2, 0.25) is 0 Å². The molecule has 1 aliphatic carbocycles.